The predicted molar refractivity (Wildman–Crippen MR) is 61.8 cm³/mol. The van der Waals surface area contributed by atoms with Crippen molar-refractivity contribution in [2.45, 2.75) is 39.0 Å². The Bertz CT molecular complexity index is 379. The maximum atomic E-state index is 11.5. The largest absolute Gasteiger partial charge is 0.468 e. The molecule has 82 valence electrons. The number of halogens is 1. The molecule has 3 heteroatoms. The van der Waals surface area contributed by atoms with Gasteiger partial charge < -0.3 is 4.42 Å². The smallest absolute Gasteiger partial charge is 0.133 e. The van der Waals surface area contributed by atoms with Crippen LogP contribution in [0, 0.1) is 5.41 Å². The van der Waals surface area contributed by atoms with Crippen LogP contribution in [0.4, 0.5) is 0 Å². The Labute approximate surface area is 98.2 Å². The molecule has 1 aliphatic carbocycles. The molecule has 0 bridgehead atoms. The van der Waals surface area contributed by atoms with Gasteiger partial charge in [-0.05, 0) is 33.8 Å². The lowest BCUT2D eigenvalue weighted by Crippen LogP contribution is -2.30. The van der Waals surface area contributed by atoms with E-state index in [2.05, 4.69) is 29.8 Å². The molecule has 1 unspecified atom stereocenters. The zero-order valence-corrected chi connectivity index (χ0v) is 10.6. The van der Waals surface area contributed by atoms with Gasteiger partial charge in [-0.3, -0.25) is 4.79 Å². The number of carbonyl (C=O) groups excluding carboxylic acids is 1. The second-order valence-electron chi connectivity index (χ2n) is 4.92. The van der Waals surface area contributed by atoms with Crippen molar-refractivity contribution in [3.05, 3.63) is 22.6 Å². The Hall–Kier alpha value is -0.570. The van der Waals surface area contributed by atoms with Crippen LogP contribution in [-0.4, -0.2) is 5.78 Å². The van der Waals surface area contributed by atoms with Gasteiger partial charge in [0.2, 0.25) is 0 Å². The summed E-state index contributed by atoms with van der Waals surface area (Å²) in [5, 5.41) is 0. The second kappa shape index (κ2) is 3.78. The van der Waals surface area contributed by atoms with Crippen molar-refractivity contribution in [1.29, 1.82) is 0 Å². The van der Waals surface area contributed by atoms with Crippen LogP contribution in [0.1, 0.15) is 44.8 Å². The molecule has 0 N–H and O–H groups in total. The van der Waals surface area contributed by atoms with Crippen LogP contribution in [0.5, 0.6) is 0 Å². The second-order valence-corrected chi connectivity index (χ2v) is 5.77. The summed E-state index contributed by atoms with van der Waals surface area (Å²) >= 11 is 3.47. The van der Waals surface area contributed by atoms with E-state index in [9.17, 15) is 4.79 Å². The summed E-state index contributed by atoms with van der Waals surface area (Å²) in [6.45, 7) is 4.41. The number of hydrogen-bond acceptors (Lipinski definition) is 2. The number of hydrogen-bond donors (Lipinski definition) is 0. The summed E-state index contributed by atoms with van der Waals surface area (Å²) in [5.41, 5.74) is 0.147. The van der Waals surface area contributed by atoms with Crippen LogP contribution >= 0.6 is 15.9 Å². The van der Waals surface area contributed by atoms with E-state index in [0.29, 0.717) is 18.6 Å². The highest BCUT2D eigenvalue weighted by Gasteiger charge is 2.39. The minimum Gasteiger partial charge on any atom is -0.468 e. The predicted octanol–water partition coefficient (Wildman–Crippen LogP) is 3.90. The fourth-order valence-electron chi connectivity index (χ4n) is 2.24. The molecular formula is C12H15BrO2. The van der Waals surface area contributed by atoms with Gasteiger partial charge in [-0.1, -0.05) is 13.8 Å². The Morgan fingerprint density at radius 2 is 2.27 bits per heavy atom. The Kier molecular flexibility index (Phi) is 2.75. The first-order chi connectivity index (χ1) is 7.00. The van der Waals surface area contributed by atoms with E-state index in [1.807, 2.05) is 6.07 Å². The number of furan rings is 1. The molecule has 1 aromatic heterocycles. The van der Waals surface area contributed by atoms with Gasteiger partial charge in [0, 0.05) is 18.8 Å². The van der Waals surface area contributed by atoms with E-state index in [-0.39, 0.29) is 11.3 Å². The molecule has 1 aromatic rings. The summed E-state index contributed by atoms with van der Waals surface area (Å²) in [6.07, 6.45) is 3.94. The fourth-order valence-corrected chi connectivity index (χ4v) is 2.72. The average Bonchev–Trinajstić information content (AvgIpc) is 2.56. The number of carbonyl (C=O) groups is 1. The van der Waals surface area contributed by atoms with Crippen LogP contribution < -0.4 is 0 Å². The van der Waals surface area contributed by atoms with E-state index < -0.39 is 0 Å². The molecule has 2 rings (SSSR count). The number of Topliss-reactive ketones (excluding diaryl/α,β-unsaturated/α-hetero) is 1. The monoisotopic (exact) mass is 270 g/mol. The highest BCUT2D eigenvalue weighted by molar-refractivity contribution is 9.10. The minimum atomic E-state index is 0.147. The molecule has 1 heterocycles. The summed E-state index contributed by atoms with van der Waals surface area (Å²) < 4.78 is 6.47. The molecule has 1 saturated carbocycles. The number of rotatable bonds is 1. The molecular weight excluding hydrogens is 256 g/mol. The highest BCUT2D eigenvalue weighted by atomic mass is 79.9. The quantitative estimate of drug-likeness (QED) is 0.775. The Balaban J connectivity index is 2.33. The van der Waals surface area contributed by atoms with Crippen molar-refractivity contribution in [2.75, 3.05) is 0 Å². The third-order valence-electron chi connectivity index (χ3n) is 3.38. The summed E-state index contributed by atoms with van der Waals surface area (Å²) in [7, 11) is 0. The third-order valence-corrected chi connectivity index (χ3v) is 4.04. The first kappa shape index (κ1) is 10.9. The summed E-state index contributed by atoms with van der Waals surface area (Å²) in [5.74, 6) is 1.49. The molecule has 1 atom stereocenters. The van der Waals surface area contributed by atoms with E-state index in [1.165, 1.54) is 0 Å². The molecule has 0 radical (unpaired) electrons. The van der Waals surface area contributed by atoms with Crippen molar-refractivity contribution in [3.63, 3.8) is 0 Å². The van der Waals surface area contributed by atoms with E-state index in [4.69, 9.17) is 4.42 Å². The van der Waals surface area contributed by atoms with Gasteiger partial charge in [0.1, 0.15) is 11.5 Å². The average molecular weight is 271 g/mol. The molecule has 0 saturated heterocycles. The lowest BCUT2D eigenvalue weighted by molar-refractivity contribution is -0.123. The zero-order chi connectivity index (χ0) is 11.1. The molecule has 0 aromatic carbocycles. The van der Waals surface area contributed by atoms with Gasteiger partial charge >= 0.3 is 0 Å². The topological polar surface area (TPSA) is 30.2 Å². The zero-order valence-electron chi connectivity index (χ0n) is 9.05. The van der Waals surface area contributed by atoms with Gasteiger partial charge in [-0.15, -0.1) is 0 Å². The van der Waals surface area contributed by atoms with Crippen LogP contribution in [0.3, 0.4) is 0 Å². The van der Waals surface area contributed by atoms with E-state index >= 15 is 0 Å². The first-order valence-corrected chi connectivity index (χ1v) is 6.04. The summed E-state index contributed by atoms with van der Waals surface area (Å²) in [4.78, 5) is 11.5. The van der Waals surface area contributed by atoms with Crippen molar-refractivity contribution in [2.24, 2.45) is 5.41 Å². The van der Waals surface area contributed by atoms with Crippen molar-refractivity contribution in [1.82, 2.24) is 0 Å². The van der Waals surface area contributed by atoms with Gasteiger partial charge in [-0.2, -0.15) is 0 Å². The highest BCUT2D eigenvalue weighted by Crippen LogP contribution is 2.47. The van der Waals surface area contributed by atoms with Crippen molar-refractivity contribution < 1.29 is 9.21 Å². The molecule has 1 aliphatic rings. The van der Waals surface area contributed by atoms with Crippen LogP contribution in [-0.2, 0) is 4.79 Å². The molecule has 15 heavy (non-hydrogen) atoms. The van der Waals surface area contributed by atoms with Gasteiger partial charge in [0.05, 0.1) is 10.7 Å². The maximum Gasteiger partial charge on any atom is 0.133 e. The Morgan fingerprint density at radius 3 is 2.87 bits per heavy atom. The Morgan fingerprint density at radius 1 is 1.53 bits per heavy atom. The van der Waals surface area contributed by atoms with Gasteiger partial charge in [0.15, 0.2) is 0 Å². The molecule has 0 aliphatic heterocycles. The lowest BCUT2D eigenvalue weighted by Gasteiger charge is -2.36. The van der Waals surface area contributed by atoms with Crippen molar-refractivity contribution >= 4 is 21.7 Å². The van der Waals surface area contributed by atoms with Crippen LogP contribution in [0.15, 0.2) is 21.2 Å². The molecule has 2 nitrogen and oxygen atoms in total. The molecule has 0 spiro atoms. The van der Waals surface area contributed by atoms with E-state index in [1.54, 1.807) is 6.26 Å². The first-order valence-electron chi connectivity index (χ1n) is 5.25. The van der Waals surface area contributed by atoms with E-state index in [0.717, 1.165) is 16.7 Å². The van der Waals surface area contributed by atoms with Crippen LogP contribution in [0.2, 0.25) is 0 Å². The minimum absolute atomic E-state index is 0.147. The fraction of sp³-hybridized carbons (Fsp3) is 0.583. The molecule has 0 amide bonds. The molecule has 1 fully saturated rings. The van der Waals surface area contributed by atoms with Crippen molar-refractivity contribution in [3.8, 4) is 0 Å². The van der Waals surface area contributed by atoms with Gasteiger partial charge in [0.25, 0.3) is 0 Å². The SMILES string of the molecule is CC1(C)CCC(=O)CC1c1occc1Br. The maximum absolute atomic E-state index is 11.5. The lowest BCUT2D eigenvalue weighted by atomic mass is 9.67. The number of ketones is 1. The van der Waals surface area contributed by atoms with Gasteiger partial charge in [-0.25, -0.2) is 0 Å². The normalized spacial score (nSPS) is 25.5. The standard InChI is InChI=1S/C12H15BrO2/c1-12(2)5-3-8(14)7-9(12)11-10(13)4-6-15-11/h4,6,9H,3,5,7H2,1-2H3. The third kappa shape index (κ3) is 2.03. The van der Waals surface area contributed by atoms with Crippen LogP contribution in [0.25, 0.3) is 0 Å². The summed E-state index contributed by atoms with van der Waals surface area (Å²) in [6, 6.07) is 1.89.